The van der Waals surface area contributed by atoms with Crippen LogP contribution in [0.15, 0.2) is 54.6 Å². The molecular formula is C30H25Cl2F2N3O4. The fourth-order valence-corrected chi connectivity index (χ4v) is 7.53. The summed E-state index contributed by atoms with van der Waals surface area (Å²) in [6.45, 7) is 0. The average molecular weight is 600 g/mol. The standard InChI is InChI=1S/C30H25Cl2F2N3O4/c31-16-8-9-18-22(14-16)36-28(41)30(18)23(17-5-4-6-19(32)24(17)34)25(37-29(30)11-2-1-3-12-29)26(38)35-21-10-7-15(27(39)40)13-20(21)33/h4-10,13-14,23,25,37H,1-3,11-12H2,(H,35,38)(H,36,41)(H,39,40). The number of carbonyl (C=O) groups is 3. The highest BCUT2D eigenvalue weighted by atomic mass is 35.5. The van der Waals surface area contributed by atoms with Crippen LogP contribution in [0, 0.1) is 11.6 Å². The van der Waals surface area contributed by atoms with E-state index < -0.39 is 46.4 Å². The molecule has 3 aliphatic rings. The van der Waals surface area contributed by atoms with Crippen molar-refractivity contribution in [2.75, 3.05) is 10.6 Å². The summed E-state index contributed by atoms with van der Waals surface area (Å²) in [5.41, 5.74) is -1.73. The number of nitrogens with one attached hydrogen (secondary N) is 3. The van der Waals surface area contributed by atoms with Crippen LogP contribution >= 0.6 is 23.2 Å². The number of carboxylic acid groups (broad SMARTS) is 1. The molecule has 2 fully saturated rings. The molecule has 11 heteroatoms. The Kier molecular flexibility index (Phi) is 6.79. The maximum atomic E-state index is 15.9. The van der Waals surface area contributed by atoms with E-state index in [2.05, 4.69) is 16.0 Å². The van der Waals surface area contributed by atoms with Crippen LogP contribution in [0.25, 0.3) is 0 Å². The molecule has 0 radical (unpaired) electrons. The third-order valence-electron chi connectivity index (χ3n) is 8.78. The zero-order chi connectivity index (χ0) is 29.1. The van der Waals surface area contributed by atoms with Crippen molar-refractivity contribution in [1.82, 2.24) is 5.32 Å². The number of fused-ring (bicyclic) bond motifs is 3. The molecule has 3 unspecified atom stereocenters. The fourth-order valence-electron chi connectivity index (χ4n) is 7.18. The van der Waals surface area contributed by atoms with Crippen molar-refractivity contribution in [2.45, 2.75) is 55.0 Å². The van der Waals surface area contributed by atoms with E-state index in [0.29, 0.717) is 29.1 Å². The predicted molar refractivity (Wildman–Crippen MR) is 151 cm³/mol. The first kappa shape index (κ1) is 27.6. The van der Waals surface area contributed by atoms with Gasteiger partial charge in [-0.05, 0) is 60.4 Å². The number of amides is 2. The van der Waals surface area contributed by atoms with Crippen LogP contribution in [0.2, 0.25) is 10.0 Å². The van der Waals surface area contributed by atoms with Gasteiger partial charge in [0.05, 0.1) is 22.3 Å². The SMILES string of the molecule is O=C(O)c1ccc(NC(=O)C2NC3(CCCCC3)C3(C(=O)Nc4cc(Cl)ccc43)C2c2cccc(Cl)c2F)c(F)c1. The maximum absolute atomic E-state index is 15.9. The van der Waals surface area contributed by atoms with Gasteiger partial charge in [-0.25, -0.2) is 13.6 Å². The van der Waals surface area contributed by atoms with E-state index in [9.17, 15) is 23.9 Å². The summed E-state index contributed by atoms with van der Waals surface area (Å²) in [6, 6.07) is 11.5. The monoisotopic (exact) mass is 599 g/mol. The van der Waals surface area contributed by atoms with Gasteiger partial charge in [0.15, 0.2) is 0 Å². The lowest BCUT2D eigenvalue weighted by molar-refractivity contribution is -0.124. The van der Waals surface area contributed by atoms with E-state index in [1.165, 1.54) is 18.2 Å². The normalized spacial score (nSPS) is 24.3. The summed E-state index contributed by atoms with van der Waals surface area (Å²) in [4.78, 5) is 39.6. The van der Waals surface area contributed by atoms with Crippen molar-refractivity contribution in [1.29, 1.82) is 0 Å². The minimum atomic E-state index is -1.42. The van der Waals surface area contributed by atoms with Crippen LogP contribution in [0.1, 0.15) is 59.5 Å². The topological polar surface area (TPSA) is 108 Å². The Balaban J connectivity index is 1.55. The van der Waals surface area contributed by atoms with Gasteiger partial charge in [-0.3, -0.25) is 14.9 Å². The first-order chi connectivity index (χ1) is 19.6. The minimum absolute atomic E-state index is 0.0762. The number of rotatable bonds is 4. The van der Waals surface area contributed by atoms with Crippen molar-refractivity contribution in [3.8, 4) is 0 Å². The zero-order valence-corrected chi connectivity index (χ0v) is 23.1. The van der Waals surface area contributed by atoms with Gasteiger partial charge >= 0.3 is 5.97 Å². The highest BCUT2D eigenvalue weighted by molar-refractivity contribution is 6.31. The van der Waals surface area contributed by atoms with E-state index in [-0.39, 0.29) is 27.7 Å². The van der Waals surface area contributed by atoms with Crippen molar-refractivity contribution in [3.05, 3.63) is 93.0 Å². The summed E-state index contributed by atoms with van der Waals surface area (Å²) in [7, 11) is 0. The number of aromatic carboxylic acids is 1. The second-order valence-corrected chi connectivity index (χ2v) is 11.7. The zero-order valence-electron chi connectivity index (χ0n) is 21.6. The third kappa shape index (κ3) is 4.13. The lowest BCUT2D eigenvalue weighted by atomic mass is 9.55. The first-order valence-corrected chi connectivity index (χ1v) is 14.0. The molecule has 212 valence electrons. The van der Waals surface area contributed by atoms with Gasteiger partial charge in [-0.15, -0.1) is 0 Å². The molecule has 6 rings (SSSR count). The van der Waals surface area contributed by atoms with Gasteiger partial charge in [-0.1, -0.05) is 60.7 Å². The van der Waals surface area contributed by atoms with Crippen LogP contribution in [0.5, 0.6) is 0 Å². The minimum Gasteiger partial charge on any atom is -0.478 e. The smallest absolute Gasteiger partial charge is 0.335 e. The molecule has 2 spiro atoms. The molecule has 0 aromatic heterocycles. The van der Waals surface area contributed by atoms with E-state index in [4.69, 9.17) is 23.2 Å². The lowest BCUT2D eigenvalue weighted by Crippen LogP contribution is -2.60. The van der Waals surface area contributed by atoms with Gasteiger partial charge in [0, 0.05) is 22.2 Å². The predicted octanol–water partition coefficient (Wildman–Crippen LogP) is 6.26. The van der Waals surface area contributed by atoms with Crippen LogP contribution in [-0.4, -0.2) is 34.5 Å². The Morgan fingerprint density at radius 3 is 2.46 bits per heavy atom. The largest absolute Gasteiger partial charge is 0.478 e. The van der Waals surface area contributed by atoms with Gasteiger partial charge < -0.3 is 15.7 Å². The van der Waals surface area contributed by atoms with Crippen molar-refractivity contribution in [2.24, 2.45) is 0 Å². The second-order valence-electron chi connectivity index (χ2n) is 10.8. The Labute approximate surface area is 244 Å². The average Bonchev–Trinajstić information content (AvgIpc) is 3.39. The number of carbonyl (C=O) groups excluding carboxylic acids is 2. The van der Waals surface area contributed by atoms with Crippen molar-refractivity contribution >= 4 is 52.4 Å². The quantitative estimate of drug-likeness (QED) is 0.283. The molecule has 4 N–H and O–H groups in total. The number of halogens is 4. The van der Waals surface area contributed by atoms with E-state index in [0.717, 1.165) is 31.4 Å². The summed E-state index contributed by atoms with van der Waals surface area (Å²) in [5.74, 6) is -5.18. The Bertz CT molecular complexity index is 1610. The maximum Gasteiger partial charge on any atom is 0.335 e. The van der Waals surface area contributed by atoms with E-state index >= 15 is 4.39 Å². The Morgan fingerprint density at radius 1 is 1.00 bits per heavy atom. The molecular weight excluding hydrogens is 575 g/mol. The van der Waals surface area contributed by atoms with Crippen LogP contribution < -0.4 is 16.0 Å². The molecule has 3 aromatic carbocycles. The number of benzene rings is 3. The van der Waals surface area contributed by atoms with Crippen LogP contribution in [-0.2, 0) is 15.0 Å². The molecule has 2 aliphatic heterocycles. The Hall–Kier alpha value is -3.53. The molecule has 0 bridgehead atoms. The van der Waals surface area contributed by atoms with Gasteiger partial charge in [0.25, 0.3) is 0 Å². The summed E-state index contributed by atoms with van der Waals surface area (Å²) in [5, 5.41) is 18.4. The molecule has 3 atom stereocenters. The third-order valence-corrected chi connectivity index (χ3v) is 9.31. The van der Waals surface area contributed by atoms with Crippen LogP contribution in [0.4, 0.5) is 20.2 Å². The molecule has 1 aliphatic carbocycles. The molecule has 41 heavy (non-hydrogen) atoms. The summed E-state index contributed by atoms with van der Waals surface area (Å²) >= 11 is 12.5. The first-order valence-electron chi connectivity index (χ1n) is 13.3. The number of hydrogen-bond acceptors (Lipinski definition) is 4. The molecule has 1 saturated heterocycles. The van der Waals surface area contributed by atoms with Gasteiger partial charge in [0.2, 0.25) is 11.8 Å². The second kappa shape index (κ2) is 10.1. The highest BCUT2D eigenvalue weighted by Crippen LogP contribution is 2.62. The molecule has 2 amide bonds. The molecule has 2 heterocycles. The van der Waals surface area contributed by atoms with Crippen molar-refractivity contribution < 1.29 is 28.3 Å². The number of carboxylic acids is 1. The van der Waals surface area contributed by atoms with E-state index in [1.54, 1.807) is 24.3 Å². The van der Waals surface area contributed by atoms with Gasteiger partial charge in [-0.2, -0.15) is 0 Å². The Morgan fingerprint density at radius 2 is 1.76 bits per heavy atom. The summed E-state index contributed by atoms with van der Waals surface area (Å²) < 4.78 is 30.8. The molecule has 3 aromatic rings. The van der Waals surface area contributed by atoms with Crippen LogP contribution in [0.3, 0.4) is 0 Å². The van der Waals surface area contributed by atoms with E-state index in [1.807, 2.05) is 0 Å². The fraction of sp³-hybridized carbons (Fsp3) is 0.300. The number of hydrogen-bond donors (Lipinski definition) is 4. The van der Waals surface area contributed by atoms with Gasteiger partial charge in [0.1, 0.15) is 17.0 Å². The summed E-state index contributed by atoms with van der Waals surface area (Å²) in [6.07, 6.45) is 3.55. The number of anilines is 2. The molecule has 7 nitrogen and oxygen atoms in total. The highest BCUT2D eigenvalue weighted by Gasteiger charge is 2.72. The van der Waals surface area contributed by atoms with Crippen molar-refractivity contribution in [3.63, 3.8) is 0 Å². The molecule has 1 saturated carbocycles. The lowest BCUT2D eigenvalue weighted by Gasteiger charge is -2.47.